The van der Waals surface area contributed by atoms with Gasteiger partial charge < -0.3 is 5.32 Å². The Kier molecular flexibility index (Phi) is 3.19. The molecule has 0 unspecified atom stereocenters. The number of anilines is 1. The Morgan fingerprint density at radius 3 is 2.87 bits per heavy atom. The zero-order valence-electron chi connectivity index (χ0n) is 8.01. The summed E-state index contributed by atoms with van der Waals surface area (Å²) in [4.78, 5) is 4.03. The van der Waals surface area contributed by atoms with Crippen molar-refractivity contribution in [3.05, 3.63) is 22.3 Å². The fraction of sp³-hybridized carbons (Fsp3) is 0.500. The van der Waals surface area contributed by atoms with Crippen LogP contribution in [0.2, 0.25) is 0 Å². The summed E-state index contributed by atoms with van der Waals surface area (Å²) < 4.78 is 25.4. The SMILES string of the molecule is FC(F)c1cc(NCC2CC2)ncc1Br. The molecule has 1 aliphatic carbocycles. The van der Waals surface area contributed by atoms with Gasteiger partial charge in [0.25, 0.3) is 6.43 Å². The zero-order chi connectivity index (χ0) is 10.8. The Morgan fingerprint density at radius 2 is 2.27 bits per heavy atom. The minimum absolute atomic E-state index is 0.0108. The summed E-state index contributed by atoms with van der Waals surface area (Å²) in [7, 11) is 0. The highest BCUT2D eigenvalue weighted by atomic mass is 79.9. The van der Waals surface area contributed by atoms with Gasteiger partial charge >= 0.3 is 0 Å². The van der Waals surface area contributed by atoms with Gasteiger partial charge in [0.05, 0.1) is 0 Å². The molecule has 1 heterocycles. The number of pyridine rings is 1. The van der Waals surface area contributed by atoms with Crippen molar-refractivity contribution in [2.45, 2.75) is 19.3 Å². The molecule has 0 radical (unpaired) electrons. The lowest BCUT2D eigenvalue weighted by Gasteiger charge is -2.07. The van der Waals surface area contributed by atoms with Crippen molar-refractivity contribution in [2.24, 2.45) is 5.92 Å². The van der Waals surface area contributed by atoms with Crippen LogP contribution >= 0.6 is 15.9 Å². The van der Waals surface area contributed by atoms with Gasteiger partial charge in [0.1, 0.15) is 5.82 Å². The van der Waals surface area contributed by atoms with Crippen molar-refractivity contribution >= 4 is 21.7 Å². The maximum atomic E-state index is 12.5. The summed E-state index contributed by atoms with van der Waals surface area (Å²) in [5.74, 6) is 1.23. The molecule has 0 aliphatic heterocycles. The summed E-state index contributed by atoms with van der Waals surface area (Å²) in [5, 5.41) is 3.06. The summed E-state index contributed by atoms with van der Waals surface area (Å²) in [6.07, 6.45) is 1.40. The Balaban J connectivity index is 2.06. The molecular formula is C10H11BrF2N2. The lowest BCUT2D eigenvalue weighted by molar-refractivity contribution is 0.150. The van der Waals surface area contributed by atoms with Crippen LogP contribution in [0, 0.1) is 5.92 Å². The van der Waals surface area contributed by atoms with Gasteiger partial charge in [0.2, 0.25) is 0 Å². The first-order valence-corrected chi connectivity index (χ1v) is 5.63. The Hall–Kier alpha value is -0.710. The largest absolute Gasteiger partial charge is 0.370 e. The van der Waals surface area contributed by atoms with E-state index < -0.39 is 6.43 Å². The van der Waals surface area contributed by atoms with Gasteiger partial charge in [-0.25, -0.2) is 13.8 Å². The number of nitrogens with zero attached hydrogens (tertiary/aromatic N) is 1. The predicted octanol–water partition coefficient (Wildman–Crippen LogP) is 3.60. The van der Waals surface area contributed by atoms with Gasteiger partial charge in [-0.3, -0.25) is 0 Å². The molecule has 2 rings (SSSR count). The van der Waals surface area contributed by atoms with E-state index in [2.05, 4.69) is 26.2 Å². The van der Waals surface area contributed by atoms with E-state index in [0.717, 1.165) is 6.54 Å². The average molecular weight is 277 g/mol. The van der Waals surface area contributed by atoms with E-state index in [1.165, 1.54) is 25.1 Å². The number of hydrogen-bond acceptors (Lipinski definition) is 2. The fourth-order valence-corrected chi connectivity index (χ4v) is 1.68. The molecule has 0 amide bonds. The van der Waals surface area contributed by atoms with Crippen LogP contribution in [0.4, 0.5) is 14.6 Å². The van der Waals surface area contributed by atoms with Crippen molar-refractivity contribution in [3.63, 3.8) is 0 Å². The number of alkyl halides is 2. The summed E-state index contributed by atoms with van der Waals surface area (Å²) in [6, 6.07) is 1.40. The van der Waals surface area contributed by atoms with Crippen LogP contribution in [0.5, 0.6) is 0 Å². The third kappa shape index (κ3) is 2.87. The number of aromatic nitrogens is 1. The molecular weight excluding hydrogens is 266 g/mol. The van der Waals surface area contributed by atoms with Crippen LogP contribution in [-0.2, 0) is 0 Å². The summed E-state index contributed by atoms with van der Waals surface area (Å²) in [5.41, 5.74) is -0.0108. The van der Waals surface area contributed by atoms with Crippen molar-refractivity contribution < 1.29 is 8.78 Å². The Morgan fingerprint density at radius 1 is 1.53 bits per heavy atom. The third-order valence-corrected chi connectivity index (χ3v) is 3.05. The molecule has 1 fully saturated rings. The second-order valence-electron chi connectivity index (χ2n) is 3.72. The van der Waals surface area contributed by atoms with Gasteiger partial charge in [0, 0.05) is 22.8 Å². The van der Waals surface area contributed by atoms with E-state index in [1.807, 2.05) is 0 Å². The molecule has 0 atom stereocenters. The minimum atomic E-state index is -2.47. The molecule has 5 heteroatoms. The molecule has 82 valence electrons. The quantitative estimate of drug-likeness (QED) is 0.909. The lowest BCUT2D eigenvalue weighted by Crippen LogP contribution is -2.05. The first kappa shape index (κ1) is 10.8. The molecule has 15 heavy (non-hydrogen) atoms. The highest BCUT2D eigenvalue weighted by Crippen LogP contribution is 2.31. The third-order valence-electron chi connectivity index (χ3n) is 2.39. The van der Waals surface area contributed by atoms with Gasteiger partial charge in [0.15, 0.2) is 0 Å². The van der Waals surface area contributed by atoms with Crippen molar-refractivity contribution in [1.82, 2.24) is 4.98 Å². The van der Waals surface area contributed by atoms with Crippen LogP contribution in [0.3, 0.4) is 0 Å². The topological polar surface area (TPSA) is 24.9 Å². The average Bonchev–Trinajstić information content (AvgIpc) is 3.00. The molecule has 1 N–H and O–H groups in total. The lowest BCUT2D eigenvalue weighted by atomic mass is 10.2. The number of hydrogen-bond donors (Lipinski definition) is 1. The van der Waals surface area contributed by atoms with Crippen molar-refractivity contribution in [2.75, 3.05) is 11.9 Å². The van der Waals surface area contributed by atoms with E-state index in [9.17, 15) is 8.78 Å². The molecule has 1 aromatic heterocycles. The molecule has 1 saturated carbocycles. The second kappa shape index (κ2) is 4.43. The van der Waals surface area contributed by atoms with E-state index in [4.69, 9.17) is 0 Å². The maximum Gasteiger partial charge on any atom is 0.265 e. The fourth-order valence-electron chi connectivity index (χ4n) is 1.29. The van der Waals surface area contributed by atoms with E-state index >= 15 is 0 Å². The smallest absolute Gasteiger partial charge is 0.265 e. The normalized spacial score (nSPS) is 15.7. The van der Waals surface area contributed by atoms with Crippen molar-refractivity contribution in [1.29, 1.82) is 0 Å². The first-order valence-electron chi connectivity index (χ1n) is 4.84. The molecule has 2 nitrogen and oxygen atoms in total. The standard InChI is InChI=1S/C10H11BrF2N2/c11-8-5-15-9(3-7(8)10(12)13)14-4-6-1-2-6/h3,5-6,10H,1-2,4H2,(H,14,15). The van der Waals surface area contributed by atoms with E-state index in [-0.39, 0.29) is 5.56 Å². The van der Waals surface area contributed by atoms with Crippen LogP contribution in [0.15, 0.2) is 16.7 Å². The number of rotatable bonds is 4. The zero-order valence-corrected chi connectivity index (χ0v) is 9.60. The van der Waals surface area contributed by atoms with Crippen LogP contribution in [0.1, 0.15) is 24.8 Å². The molecule has 1 aliphatic rings. The molecule has 0 aromatic carbocycles. The van der Waals surface area contributed by atoms with Crippen LogP contribution < -0.4 is 5.32 Å². The molecule has 1 aromatic rings. The molecule has 0 spiro atoms. The van der Waals surface area contributed by atoms with Gasteiger partial charge in [-0.15, -0.1) is 0 Å². The monoisotopic (exact) mass is 276 g/mol. The molecule has 0 bridgehead atoms. The van der Waals surface area contributed by atoms with E-state index in [1.54, 1.807) is 0 Å². The van der Waals surface area contributed by atoms with E-state index in [0.29, 0.717) is 16.2 Å². The second-order valence-corrected chi connectivity index (χ2v) is 4.57. The molecule has 0 saturated heterocycles. The summed E-state index contributed by atoms with van der Waals surface area (Å²) >= 11 is 3.05. The van der Waals surface area contributed by atoms with Gasteiger partial charge in [-0.2, -0.15) is 0 Å². The predicted molar refractivity (Wildman–Crippen MR) is 58.1 cm³/mol. The highest BCUT2D eigenvalue weighted by Gasteiger charge is 2.21. The highest BCUT2D eigenvalue weighted by molar-refractivity contribution is 9.10. The van der Waals surface area contributed by atoms with Crippen LogP contribution in [0.25, 0.3) is 0 Å². The van der Waals surface area contributed by atoms with Gasteiger partial charge in [-0.05, 0) is 40.8 Å². The Bertz CT molecular complexity index is 353. The Labute approximate surface area is 95.2 Å². The minimum Gasteiger partial charge on any atom is -0.370 e. The van der Waals surface area contributed by atoms with Crippen LogP contribution in [-0.4, -0.2) is 11.5 Å². The number of nitrogens with one attached hydrogen (secondary N) is 1. The maximum absolute atomic E-state index is 12.5. The first-order chi connectivity index (χ1) is 7.16. The van der Waals surface area contributed by atoms with Gasteiger partial charge in [-0.1, -0.05) is 0 Å². The number of halogens is 3. The van der Waals surface area contributed by atoms with Crippen molar-refractivity contribution in [3.8, 4) is 0 Å². The summed E-state index contributed by atoms with van der Waals surface area (Å²) in [6.45, 7) is 0.831.